The van der Waals surface area contributed by atoms with Crippen molar-refractivity contribution in [2.75, 3.05) is 0 Å². The molecule has 0 saturated carbocycles. The summed E-state index contributed by atoms with van der Waals surface area (Å²) in [5.41, 5.74) is -0.125. The van der Waals surface area contributed by atoms with Crippen LogP contribution in [-0.2, 0) is 0 Å². The molecule has 0 unspecified atom stereocenters. The molecule has 0 spiro atoms. The van der Waals surface area contributed by atoms with Gasteiger partial charge in [0.1, 0.15) is 0 Å². The van der Waals surface area contributed by atoms with E-state index in [9.17, 15) is 17.6 Å². The van der Waals surface area contributed by atoms with Gasteiger partial charge in [0.15, 0.2) is 11.6 Å². The Morgan fingerprint density at radius 1 is 1.23 bits per heavy atom. The second-order valence-electron chi connectivity index (χ2n) is 2.47. The third kappa shape index (κ3) is 2.72. The zero-order chi connectivity index (χ0) is 9.84. The van der Waals surface area contributed by atoms with Crippen molar-refractivity contribution < 1.29 is 17.6 Å². The smallest absolute Gasteiger partial charge is 0.211 e. The Morgan fingerprint density at radius 3 is 2.54 bits per heavy atom. The predicted molar refractivity (Wildman–Crippen MR) is 40.4 cm³/mol. The molecule has 1 aromatic rings. The second-order valence-corrected chi connectivity index (χ2v) is 2.47. The molecule has 0 fully saturated rings. The first kappa shape index (κ1) is 10.0. The Morgan fingerprint density at radius 2 is 1.92 bits per heavy atom. The van der Waals surface area contributed by atoms with E-state index in [0.29, 0.717) is 0 Å². The summed E-state index contributed by atoms with van der Waals surface area (Å²) in [6, 6.07) is 3.46. The van der Waals surface area contributed by atoms with Crippen LogP contribution in [0.3, 0.4) is 0 Å². The summed E-state index contributed by atoms with van der Waals surface area (Å²) in [5, 5.41) is 0. The highest BCUT2D eigenvalue weighted by Gasteiger charge is 2.10. The lowest BCUT2D eigenvalue weighted by molar-refractivity contribution is 0.148. The molecule has 0 nitrogen and oxygen atoms in total. The molecule has 4 heteroatoms. The van der Waals surface area contributed by atoms with Crippen molar-refractivity contribution in [2.24, 2.45) is 0 Å². The number of alkyl halides is 2. The van der Waals surface area contributed by atoms with E-state index >= 15 is 0 Å². The first-order valence-corrected chi connectivity index (χ1v) is 3.66. The van der Waals surface area contributed by atoms with Gasteiger partial charge in [-0.05, 0) is 18.1 Å². The van der Waals surface area contributed by atoms with Crippen LogP contribution in [0.25, 0.3) is 0 Å². The standard InChI is InChI=1S/C9H7F4/c10-7-3-1-2-6(9(7)13)4-5-8(11)12/h1-4,8H,5H2. The van der Waals surface area contributed by atoms with Crippen LogP contribution in [0.1, 0.15) is 12.0 Å². The monoisotopic (exact) mass is 191 g/mol. The maximum atomic E-state index is 12.8. The molecule has 1 rings (SSSR count). The number of rotatable bonds is 3. The number of hydrogen-bond donors (Lipinski definition) is 0. The third-order valence-electron chi connectivity index (χ3n) is 1.50. The second kappa shape index (κ2) is 4.25. The van der Waals surface area contributed by atoms with Crippen molar-refractivity contribution in [3.63, 3.8) is 0 Å². The zero-order valence-corrected chi connectivity index (χ0v) is 6.61. The molecule has 0 aromatic heterocycles. The quantitative estimate of drug-likeness (QED) is 0.643. The van der Waals surface area contributed by atoms with Crippen molar-refractivity contribution >= 4 is 0 Å². The summed E-state index contributed by atoms with van der Waals surface area (Å²) in [6.07, 6.45) is -2.13. The summed E-state index contributed by atoms with van der Waals surface area (Å²) in [5.74, 6) is -2.11. The Bertz CT molecular complexity index is 283. The van der Waals surface area contributed by atoms with Gasteiger partial charge in [-0.25, -0.2) is 17.6 Å². The molecule has 0 amide bonds. The fraction of sp³-hybridized carbons (Fsp3) is 0.222. The molecule has 13 heavy (non-hydrogen) atoms. The Hall–Kier alpha value is -1.06. The Kier molecular flexibility index (Phi) is 3.28. The van der Waals surface area contributed by atoms with E-state index in [1.165, 1.54) is 12.1 Å². The van der Waals surface area contributed by atoms with Crippen molar-refractivity contribution in [1.29, 1.82) is 0 Å². The normalized spacial score (nSPS) is 10.8. The molecule has 71 valence electrons. The summed E-state index contributed by atoms with van der Waals surface area (Å²) in [4.78, 5) is 0. The van der Waals surface area contributed by atoms with Gasteiger partial charge in [-0.3, -0.25) is 0 Å². The zero-order valence-electron chi connectivity index (χ0n) is 6.61. The predicted octanol–water partition coefficient (Wildman–Crippen LogP) is 3.17. The minimum absolute atomic E-state index is 0.125. The lowest BCUT2D eigenvalue weighted by Crippen LogP contribution is -1.96. The summed E-state index contributed by atoms with van der Waals surface area (Å²) in [7, 11) is 0. The van der Waals surface area contributed by atoms with Crippen molar-refractivity contribution in [2.45, 2.75) is 12.8 Å². The summed E-state index contributed by atoms with van der Waals surface area (Å²) in [6.45, 7) is 0. The van der Waals surface area contributed by atoms with Gasteiger partial charge >= 0.3 is 0 Å². The first-order chi connectivity index (χ1) is 6.11. The Labute approximate surface area is 73.2 Å². The van der Waals surface area contributed by atoms with Gasteiger partial charge in [-0.1, -0.05) is 12.1 Å². The van der Waals surface area contributed by atoms with Gasteiger partial charge in [0.25, 0.3) is 0 Å². The molecule has 0 aliphatic heterocycles. The van der Waals surface area contributed by atoms with Gasteiger partial charge in [-0.2, -0.15) is 0 Å². The molecule has 0 aliphatic carbocycles. The highest BCUT2D eigenvalue weighted by Crippen LogP contribution is 2.16. The van der Waals surface area contributed by atoms with Crippen molar-refractivity contribution in [3.05, 3.63) is 41.8 Å². The lowest BCUT2D eigenvalue weighted by atomic mass is 10.1. The van der Waals surface area contributed by atoms with E-state index in [4.69, 9.17) is 0 Å². The van der Waals surface area contributed by atoms with Crippen molar-refractivity contribution in [1.82, 2.24) is 0 Å². The number of hydrogen-bond acceptors (Lipinski definition) is 0. The van der Waals surface area contributed by atoms with Gasteiger partial charge in [0.05, 0.1) is 0 Å². The van der Waals surface area contributed by atoms with Crippen LogP contribution in [0, 0.1) is 18.1 Å². The maximum absolute atomic E-state index is 12.8. The highest BCUT2D eigenvalue weighted by atomic mass is 19.3. The van der Waals surface area contributed by atoms with Gasteiger partial charge in [0.2, 0.25) is 6.43 Å². The molecule has 1 radical (unpaired) electrons. The SMILES string of the molecule is Fc1cccc([CH]CC(F)F)c1F. The maximum Gasteiger partial charge on any atom is 0.239 e. The average molecular weight is 191 g/mol. The van der Waals surface area contributed by atoms with E-state index in [-0.39, 0.29) is 5.56 Å². The highest BCUT2D eigenvalue weighted by molar-refractivity contribution is 5.25. The van der Waals surface area contributed by atoms with E-state index in [2.05, 4.69) is 0 Å². The molecular formula is C9H7F4. The first-order valence-electron chi connectivity index (χ1n) is 3.66. The molecular weight excluding hydrogens is 184 g/mol. The molecule has 0 N–H and O–H groups in total. The fourth-order valence-corrected chi connectivity index (χ4v) is 0.894. The molecule has 0 atom stereocenters. The van der Waals surface area contributed by atoms with E-state index in [0.717, 1.165) is 12.5 Å². The minimum atomic E-state index is -2.54. The van der Waals surface area contributed by atoms with Crippen molar-refractivity contribution in [3.8, 4) is 0 Å². The minimum Gasteiger partial charge on any atom is -0.211 e. The molecule has 1 aromatic carbocycles. The van der Waals surface area contributed by atoms with E-state index in [1.807, 2.05) is 0 Å². The van der Waals surface area contributed by atoms with E-state index in [1.54, 1.807) is 0 Å². The van der Waals surface area contributed by atoms with Gasteiger partial charge in [-0.15, -0.1) is 0 Å². The molecule has 0 saturated heterocycles. The summed E-state index contributed by atoms with van der Waals surface area (Å²) >= 11 is 0. The van der Waals surface area contributed by atoms with Crippen LogP contribution < -0.4 is 0 Å². The largest absolute Gasteiger partial charge is 0.239 e. The topological polar surface area (TPSA) is 0 Å². The number of halogens is 4. The van der Waals surface area contributed by atoms with Crippen LogP contribution in [0.15, 0.2) is 18.2 Å². The summed E-state index contributed by atoms with van der Waals surface area (Å²) < 4.78 is 48.7. The van der Waals surface area contributed by atoms with Crippen LogP contribution in [-0.4, -0.2) is 6.43 Å². The Balaban J connectivity index is 2.71. The average Bonchev–Trinajstić information content (AvgIpc) is 2.07. The van der Waals surface area contributed by atoms with Crippen LogP contribution in [0.2, 0.25) is 0 Å². The van der Waals surface area contributed by atoms with Gasteiger partial charge in [0, 0.05) is 6.42 Å². The number of benzene rings is 1. The fourth-order valence-electron chi connectivity index (χ4n) is 0.894. The van der Waals surface area contributed by atoms with Crippen LogP contribution in [0.5, 0.6) is 0 Å². The molecule has 0 heterocycles. The van der Waals surface area contributed by atoms with E-state index < -0.39 is 24.5 Å². The molecule has 0 aliphatic rings. The molecule has 0 bridgehead atoms. The van der Waals surface area contributed by atoms with Gasteiger partial charge < -0.3 is 0 Å². The third-order valence-corrected chi connectivity index (χ3v) is 1.50. The van der Waals surface area contributed by atoms with Crippen LogP contribution in [0.4, 0.5) is 17.6 Å². The lowest BCUT2D eigenvalue weighted by Gasteiger charge is -2.02. The van der Waals surface area contributed by atoms with Crippen LogP contribution >= 0.6 is 0 Å².